The van der Waals surface area contributed by atoms with E-state index in [0.717, 1.165) is 5.56 Å². The van der Waals surface area contributed by atoms with Crippen molar-refractivity contribution in [1.82, 2.24) is 10.7 Å². The van der Waals surface area contributed by atoms with Gasteiger partial charge in [-0.3, -0.25) is 10.2 Å². The highest BCUT2D eigenvalue weighted by Gasteiger charge is 2.01. The van der Waals surface area contributed by atoms with Crippen LogP contribution in [0, 0.1) is 11.8 Å². The Bertz CT molecular complexity index is 404. The van der Waals surface area contributed by atoms with Crippen LogP contribution in [0.2, 0.25) is 0 Å². The van der Waals surface area contributed by atoms with Gasteiger partial charge in [0, 0.05) is 11.1 Å². The van der Waals surface area contributed by atoms with Gasteiger partial charge in [0.05, 0.1) is 6.54 Å². The number of nitrogens with two attached hydrogens (primary N) is 1. The van der Waals surface area contributed by atoms with Crippen LogP contribution in [0.3, 0.4) is 0 Å². The second-order valence-corrected chi connectivity index (χ2v) is 2.89. The second-order valence-electron chi connectivity index (χ2n) is 2.89. The number of carbonyl (C=O) groups excluding carboxylic acids is 1. The first kappa shape index (κ1) is 11.2. The molecule has 78 valence electrons. The summed E-state index contributed by atoms with van der Waals surface area (Å²) in [7, 11) is 1.83. The average molecular weight is 203 g/mol. The zero-order valence-corrected chi connectivity index (χ0v) is 8.50. The Labute approximate surface area is 88.8 Å². The highest BCUT2D eigenvalue weighted by Crippen LogP contribution is 2.03. The molecular weight excluding hydrogens is 190 g/mol. The van der Waals surface area contributed by atoms with Crippen molar-refractivity contribution in [2.24, 2.45) is 5.84 Å². The number of amides is 1. The van der Waals surface area contributed by atoms with Crippen LogP contribution in [0.4, 0.5) is 0 Å². The van der Waals surface area contributed by atoms with Crippen molar-refractivity contribution in [2.75, 3.05) is 13.6 Å². The number of rotatable bonds is 2. The lowest BCUT2D eigenvalue weighted by molar-refractivity contribution is 0.0953. The van der Waals surface area contributed by atoms with Crippen LogP contribution in [-0.4, -0.2) is 19.5 Å². The molecule has 0 saturated heterocycles. The lowest BCUT2D eigenvalue weighted by atomic mass is 10.1. The van der Waals surface area contributed by atoms with Gasteiger partial charge in [0.1, 0.15) is 0 Å². The van der Waals surface area contributed by atoms with Gasteiger partial charge in [0.15, 0.2) is 0 Å². The fraction of sp³-hybridized carbons (Fsp3) is 0.182. The normalized spacial score (nSPS) is 8.93. The van der Waals surface area contributed by atoms with Crippen molar-refractivity contribution in [2.45, 2.75) is 0 Å². The summed E-state index contributed by atoms with van der Waals surface area (Å²) < 4.78 is 0. The molecule has 0 unspecified atom stereocenters. The molecule has 0 aliphatic heterocycles. The number of hydrogen-bond acceptors (Lipinski definition) is 3. The zero-order chi connectivity index (χ0) is 11.1. The van der Waals surface area contributed by atoms with Crippen LogP contribution in [0.15, 0.2) is 24.3 Å². The van der Waals surface area contributed by atoms with Crippen molar-refractivity contribution in [3.8, 4) is 11.8 Å². The van der Waals surface area contributed by atoms with E-state index < -0.39 is 0 Å². The summed E-state index contributed by atoms with van der Waals surface area (Å²) in [6.07, 6.45) is 0. The van der Waals surface area contributed by atoms with Crippen molar-refractivity contribution in [3.63, 3.8) is 0 Å². The van der Waals surface area contributed by atoms with Crippen molar-refractivity contribution in [1.29, 1.82) is 0 Å². The van der Waals surface area contributed by atoms with E-state index in [2.05, 4.69) is 22.6 Å². The molecule has 0 fully saturated rings. The predicted molar refractivity (Wildman–Crippen MR) is 58.9 cm³/mol. The summed E-state index contributed by atoms with van der Waals surface area (Å²) in [6.45, 7) is 0.618. The van der Waals surface area contributed by atoms with E-state index in [-0.39, 0.29) is 5.91 Å². The van der Waals surface area contributed by atoms with Crippen molar-refractivity contribution < 1.29 is 4.79 Å². The maximum Gasteiger partial charge on any atom is 0.265 e. The van der Waals surface area contributed by atoms with E-state index in [1.165, 1.54) is 0 Å². The largest absolute Gasteiger partial charge is 0.309 e. The van der Waals surface area contributed by atoms with Gasteiger partial charge in [-0.2, -0.15) is 0 Å². The van der Waals surface area contributed by atoms with Crippen molar-refractivity contribution in [3.05, 3.63) is 35.4 Å². The third-order valence-corrected chi connectivity index (χ3v) is 1.75. The number of hydrazine groups is 1. The van der Waals surface area contributed by atoms with Crippen LogP contribution < -0.4 is 16.6 Å². The molecule has 0 radical (unpaired) electrons. The number of benzene rings is 1. The predicted octanol–water partition coefficient (Wildman–Crippen LogP) is -0.139. The number of hydrogen-bond donors (Lipinski definition) is 3. The van der Waals surface area contributed by atoms with Gasteiger partial charge in [-0.15, -0.1) is 0 Å². The molecule has 0 aliphatic rings. The van der Waals surface area contributed by atoms with Gasteiger partial charge in [0.25, 0.3) is 5.91 Å². The molecule has 4 heteroatoms. The maximum atomic E-state index is 11.2. The van der Waals surface area contributed by atoms with E-state index in [1.807, 2.05) is 13.1 Å². The molecule has 0 saturated carbocycles. The minimum Gasteiger partial charge on any atom is -0.309 e. The van der Waals surface area contributed by atoms with Gasteiger partial charge in [-0.05, 0) is 25.2 Å². The van der Waals surface area contributed by atoms with Crippen molar-refractivity contribution >= 4 is 5.91 Å². The summed E-state index contributed by atoms with van der Waals surface area (Å²) in [4.78, 5) is 11.2. The summed E-state index contributed by atoms with van der Waals surface area (Å²) >= 11 is 0. The van der Waals surface area contributed by atoms with Gasteiger partial charge < -0.3 is 5.32 Å². The maximum absolute atomic E-state index is 11.2. The van der Waals surface area contributed by atoms with Crippen LogP contribution in [0.5, 0.6) is 0 Å². The average Bonchev–Trinajstić information content (AvgIpc) is 2.29. The van der Waals surface area contributed by atoms with Gasteiger partial charge >= 0.3 is 0 Å². The fourth-order valence-electron chi connectivity index (χ4n) is 1.06. The number of nitrogen functional groups attached to an aromatic ring is 1. The highest BCUT2D eigenvalue weighted by atomic mass is 16.2. The molecule has 4 N–H and O–H groups in total. The van der Waals surface area contributed by atoms with Gasteiger partial charge in [-0.25, -0.2) is 5.84 Å². The monoisotopic (exact) mass is 203 g/mol. The second kappa shape index (κ2) is 5.81. The Hall–Kier alpha value is -1.83. The zero-order valence-electron chi connectivity index (χ0n) is 8.50. The lowest BCUT2D eigenvalue weighted by Gasteiger charge is -1.99. The fourth-order valence-corrected chi connectivity index (χ4v) is 1.06. The lowest BCUT2D eigenvalue weighted by Crippen LogP contribution is -2.29. The van der Waals surface area contributed by atoms with E-state index in [0.29, 0.717) is 12.1 Å². The minimum absolute atomic E-state index is 0.313. The van der Waals surface area contributed by atoms with E-state index in [1.54, 1.807) is 18.2 Å². The quantitative estimate of drug-likeness (QED) is 0.271. The molecule has 0 spiro atoms. The summed E-state index contributed by atoms with van der Waals surface area (Å²) in [6, 6.07) is 7.00. The molecule has 1 aromatic carbocycles. The first-order valence-corrected chi connectivity index (χ1v) is 4.52. The molecule has 0 atom stereocenters. The summed E-state index contributed by atoms with van der Waals surface area (Å²) in [5.41, 5.74) is 3.38. The molecule has 0 aromatic heterocycles. The molecule has 0 bridgehead atoms. The highest BCUT2D eigenvalue weighted by molar-refractivity contribution is 5.94. The van der Waals surface area contributed by atoms with E-state index in [9.17, 15) is 4.79 Å². The van der Waals surface area contributed by atoms with Crippen LogP contribution >= 0.6 is 0 Å². The molecular formula is C11H13N3O. The Morgan fingerprint density at radius 3 is 3.00 bits per heavy atom. The summed E-state index contributed by atoms with van der Waals surface area (Å²) in [5.74, 6) is 10.6. The van der Waals surface area contributed by atoms with E-state index in [4.69, 9.17) is 5.84 Å². The Morgan fingerprint density at radius 1 is 1.53 bits per heavy atom. The van der Waals surface area contributed by atoms with Crippen LogP contribution in [0.25, 0.3) is 0 Å². The first-order chi connectivity index (χ1) is 7.27. The number of carbonyl (C=O) groups is 1. The molecule has 1 rings (SSSR count). The molecule has 0 aliphatic carbocycles. The molecule has 15 heavy (non-hydrogen) atoms. The van der Waals surface area contributed by atoms with E-state index >= 15 is 0 Å². The molecule has 1 amide bonds. The Kier molecular flexibility index (Phi) is 4.35. The standard InChI is InChI=1S/C11H13N3O/c1-13-7-3-5-9-4-2-6-10(8-9)11(15)14-12/h2,4,6,8,13H,7,12H2,1H3,(H,14,15). The summed E-state index contributed by atoms with van der Waals surface area (Å²) in [5, 5.41) is 2.91. The Balaban J connectivity index is 2.84. The third-order valence-electron chi connectivity index (χ3n) is 1.75. The smallest absolute Gasteiger partial charge is 0.265 e. The third kappa shape index (κ3) is 3.43. The van der Waals surface area contributed by atoms with Gasteiger partial charge in [0.2, 0.25) is 0 Å². The van der Waals surface area contributed by atoms with Gasteiger partial charge in [-0.1, -0.05) is 17.9 Å². The molecule has 1 aromatic rings. The SMILES string of the molecule is CNCC#Cc1cccc(C(=O)NN)c1. The van der Waals surface area contributed by atoms with Crippen LogP contribution in [-0.2, 0) is 0 Å². The molecule has 4 nitrogen and oxygen atoms in total. The number of nitrogens with one attached hydrogen (secondary N) is 2. The minimum atomic E-state index is -0.313. The Morgan fingerprint density at radius 2 is 2.33 bits per heavy atom. The van der Waals surface area contributed by atoms with Crippen LogP contribution in [0.1, 0.15) is 15.9 Å². The topological polar surface area (TPSA) is 67.2 Å². The molecule has 0 heterocycles. The first-order valence-electron chi connectivity index (χ1n) is 4.52.